The van der Waals surface area contributed by atoms with Crippen molar-refractivity contribution in [3.05, 3.63) is 64.2 Å². The van der Waals surface area contributed by atoms with Crippen LogP contribution >= 0.6 is 0 Å². The number of phenolic OH excluding ortho intramolecular Hbond substituents is 1. The van der Waals surface area contributed by atoms with Crippen LogP contribution in [0.3, 0.4) is 0 Å². The number of alkyl halides is 6. The first kappa shape index (κ1) is 27.6. The van der Waals surface area contributed by atoms with Gasteiger partial charge in [-0.1, -0.05) is 6.07 Å². The molecule has 3 atom stereocenters. The number of urea groups is 1. The van der Waals surface area contributed by atoms with E-state index >= 15 is 0 Å². The van der Waals surface area contributed by atoms with Crippen LogP contribution < -0.4 is 0 Å². The van der Waals surface area contributed by atoms with E-state index in [0.29, 0.717) is 36.1 Å². The fraction of sp³-hybridized carbons (Fsp3) is 0.462. The topological polar surface area (TPSA) is 64.1 Å². The molecule has 0 spiro atoms. The summed E-state index contributed by atoms with van der Waals surface area (Å²) in [4.78, 5) is 30.5. The van der Waals surface area contributed by atoms with Crippen LogP contribution in [0.5, 0.6) is 5.75 Å². The van der Waals surface area contributed by atoms with Crippen molar-refractivity contribution in [1.82, 2.24) is 14.7 Å². The number of fused-ring (bicyclic) bond motifs is 1. The first-order chi connectivity index (χ1) is 17.6. The van der Waals surface area contributed by atoms with E-state index in [1.165, 1.54) is 31.0 Å². The van der Waals surface area contributed by atoms with Gasteiger partial charge in [0.1, 0.15) is 5.75 Å². The van der Waals surface area contributed by atoms with Gasteiger partial charge in [-0.2, -0.15) is 26.3 Å². The number of hydrogen-bond donors (Lipinski definition) is 1. The summed E-state index contributed by atoms with van der Waals surface area (Å²) in [7, 11) is 1.33. The molecule has 0 bridgehead atoms. The zero-order valence-corrected chi connectivity index (χ0v) is 20.9. The summed E-state index contributed by atoms with van der Waals surface area (Å²) in [6.45, 7) is 3.50. The molecule has 2 unspecified atom stereocenters. The van der Waals surface area contributed by atoms with Crippen LogP contribution in [0, 0.1) is 6.92 Å². The molecule has 0 radical (unpaired) electrons. The molecular weight excluding hydrogens is 516 g/mol. The average molecular weight is 544 g/mol. The Bertz CT molecular complexity index is 1210. The van der Waals surface area contributed by atoms with E-state index in [0.717, 1.165) is 4.90 Å². The second kappa shape index (κ2) is 9.70. The molecule has 38 heavy (non-hydrogen) atoms. The Hall–Kier alpha value is -3.44. The number of rotatable bonds is 3. The smallest absolute Gasteiger partial charge is 0.416 e. The Morgan fingerprint density at radius 3 is 2.18 bits per heavy atom. The number of carbonyl (C=O) groups is 2. The minimum Gasteiger partial charge on any atom is -0.508 e. The predicted octanol–water partition coefficient (Wildman–Crippen LogP) is 5.90. The standard InChI is InChI=1S/C26H27F6N3O3/c1-14-10-19(36)4-5-20(14)23-21-6-7-22(37)34(21)8-9-35(23)24(38)33(3)15(2)16-11-17(25(27,28)29)13-18(12-16)26(30,31)32/h4-5,10-13,15,21,23,36H,6-9H2,1-3H3/t15-,21?,23?/m1/s1. The van der Waals surface area contributed by atoms with Gasteiger partial charge in [-0.15, -0.1) is 0 Å². The number of nitrogens with zero attached hydrogens (tertiary/aromatic N) is 3. The van der Waals surface area contributed by atoms with Crippen molar-refractivity contribution >= 4 is 11.9 Å². The Morgan fingerprint density at radius 1 is 1.03 bits per heavy atom. The molecule has 2 saturated heterocycles. The van der Waals surface area contributed by atoms with Crippen molar-refractivity contribution in [1.29, 1.82) is 0 Å². The van der Waals surface area contributed by atoms with E-state index in [1.54, 1.807) is 17.9 Å². The van der Waals surface area contributed by atoms with Gasteiger partial charge >= 0.3 is 18.4 Å². The quantitative estimate of drug-likeness (QED) is 0.491. The fourth-order valence-corrected chi connectivity index (χ4v) is 5.33. The van der Waals surface area contributed by atoms with E-state index in [9.17, 15) is 41.0 Å². The normalized spacial score (nSPS) is 20.9. The molecule has 2 aromatic carbocycles. The number of aryl methyl sites for hydroxylation is 1. The van der Waals surface area contributed by atoms with Crippen molar-refractivity contribution in [2.75, 3.05) is 20.1 Å². The lowest BCUT2D eigenvalue weighted by atomic mass is 9.90. The number of benzene rings is 2. The highest BCUT2D eigenvalue weighted by atomic mass is 19.4. The highest BCUT2D eigenvalue weighted by molar-refractivity contribution is 5.81. The number of piperazine rings is 1. The van der Waals surface area contributed by atoms with Crippen LogP contribution in [-0.4, -0.2) is 57.9 Å². The highest BCUT2D eigenvalue weighted by Gasteiger charge is 2.46. The molecule has 2 heterocycles. The Labute approximate surface area is 215 Å². The number of hydrogen-bond acceptors (Lipinski definition) is 3. The third-order valence-electron chi connectivity index (χ3n) is 7.45. The van der Waals surface area contributed by atoms with Gasteiger partial charge in [-0.05, 0) is 67.3 Å². The molecule has 6 nitrogen and oxygen atoms in total. The molecular formula is C26H27F6N3O3. The van der Waals surface area contributed by atoms with Crippen molar-refractivity contribution in [3.63, 3.8) is 0 Å². The van der Waals surface area contributed by atoms with Gasteiger partial charge in [0.25, 0.3) is 0 Å². The second-order valence-electron chi connectivity index (χ2n) is 9.78. The maximum atomic E-state index is 13.8. The van der Waals surface area contributed by atoms with E-state index in [-0.39, 0.29) is 42.4 Å². The monoisotopic (exact) mass is 543 g/mol. The summed E-state index contributed by atoms with van der Waals surface area (Å²) in [6.07, 6.45) is -9.23. The van der Waals surface area contributed by atoms with Gasteiger partial charge in [0.15, 0.2) is 0 Å². The van der Waals surface area contributed by atoms with Crippen molar-refractivity contribution < 1.29 is 41.0 Å². The summed E-state index contributed by atoms with van der Waals surface area (Å²) >= 11 is 0. The van der Waals surface area contributed by atoms with Crippen molar-refractivity contribution in [2.45, 2.75) is 57.2 Å². The van der Waals surface area contributed by atoms with Crippen molar-refractivity contribution in [3.8, 4) is 5.75 Å². The maximum Gasteiger partial charge on any atom is 0.416 e. The predicted molar refractivity (Wildman–Crippen MR) is 125 cm³/mol. The van der Waals surface area contributed by atoms with Crippen molar-refractivity contribution in [2.24, 2.45) is 0 Å². The van der Waals surface area contributed by atoms with Crippen LogP contribution in [0.4, 0.5) is 31.1 Å². The Morgan fingerprint density at radius 2 is 1.63 bits per heavy atom. The zero-order chi connectivity index (χ0) is 28.2. The minimum absolute atomic E-state index is 0.0232. The molecule has 0 saturated carbocycles. The molecule has 1 N–H and O–H groups in total. The molecule has 2 aliphatic heterocycles. The number of phenols is 1. The zero-order valence-electron chi connectivity index (χ0n) is 20.9. The Balaban J connectivity index is 1.70. The lowest BCUT2D eigenvalue weighted by Gasteiger charge is -2.47. The lowest BCUT2D eigenvalue weighted by Crippen LogP contribution is -2.57. The summed E-state index contributed by atoms with van der Waals surface area (Å²) in [5, 5.41) is 9.87. The molecule has 2 fully saturated rings. The van der Waals surface area contributed by atoms with Crippen LogP contribution in [0.2, 0.25) is 0 Å². The lowest BCUT2D eigenvalue weighted by molar-refractivity contribution is -0.143. The van der Waals surface area contributed by atoms with Crippen LogP contribution in [0.25, 0.3) is 0 Å². The summed E-state index contributed by atoms with van der Waals surface area (Å²) in [5.41, 5.74) is -1.84. The molecule has 2 aromatic rings. The fourth-order valence-electron chi connectivity index (χ4n) is 5.33. The minimum atomic E-state index is -5.01. The van der Waals surface area contributed by atoms with E-state index in [1.807, 2.05) is 0 Å². The molecule has 2 aliphatic rings. The molecule has 0 aromatic heterocycles. The summed E-state index contributed by atoms with van der Waals surface area (Å²) in [6, 6.07) is 3.28. The molecule has 0 aliphatic carbocycles. The molecule has 3 amide bonds. The second-order valence-corrected chi connectivity index (χ2v) is 9.78. The van der Waals surface area contributed by atoms with E-state index in [2.05, 4.69) is 0 Å². The Kier molecular flexibility index (Phi) is 7.04. The van der Waals surface area contributed by atoms with Gasteiger partial charge in [0.2, 0.25) is 5.91 Å². The first-order valence-electron chi connectivity index (χ1n) is 12.0. The van der Waals surface area contributed by atoms with E-state index in [4.69, 9.17) is 0 Å². The van der Waals surface area contributed by atoms with Crippen LogP contribution in [0.15, 0.2) is 36.4 Å². The number of carbonyl (C=O) groups excluding carboxylic acids is 2. The SMILES string of the molecule is Cc1cc(O)ccc1C1C2CCC(=O)N2CCN1C(=O)N(C)[C@H](C)c1cc(C(F)(F)F)cc(C(F)(F)F)c1. The van der Waals surface area contributed by atoms with Crippen LogP contribution in [0.1, 0.15) is 59.7 Å². The van der Waals surface area contributed by atoms with Gasteiger partial charge in [0, 0.05) is 26.6 Å². The highest BCUT2D eigenvalue weighted by Crippen LogP contribution is 2.42. The maximum absolute atomic E-state index is 13.8. The number of aromatic hydroxyl groups is 1. The van der Waals surface area contributed by atoms with Gasteiger partial charge < -0.3 is 19.8 Å². The first-order valence-corrected chi connectivity index (χ1v) is 12.0. The molecule has 12 heteroatoms. The summed E-state index contributed by atoms with van der Waals surface area (Å²) < 4.78 is 80.4. The van der Waals surface area contributed by atoms with Gasteiger partial charge in [-0.3, -0.25) is 4.79 Å². The third-order valence-corrected chi connectivity index (χ3v) is 7.45. The molecule has 206 valence electrons. The van der Waals surface area contributed by atoms with Crippen LogP contribution in [-0.2, 0) is 17.1 Å². The number of halogens is 6. The third kappa shape index (κ3) is 5.12. The largest absolute Gasteiger partial charge is 0.508 e. The van der Waals surface area contributed by atoms with Gasteiger partial charge in [-0.25, -0.2) is 4.79 Å². The van der Waals surface area contributed by atoms with E-state index < -0.39 is 41.6 Å². The van der Waals surface area contributed by atoms with Gasteiger partial charge in [0.05, 0.1) is 29.3 Å². The number of amides is 3. The summed E-state index contributed by atoms with van der Waals surface area (Å²) in [5.74, 6) is -0.0241. The molecule has 4 rings (SSSR count). The average Bonchev–Trinajstić information content (AvgIpc) is 3.21.